The first-order chi connectivity index (χ1) is 8.23. The fourth-order valence-corrected chi connectivity index (χ4v) is 1.62. The maximum atomic E-state index is 13.9. The van der Waals surface area contributed by atoms with E-state index in [-0.39, 0.29) is 5.70 Å². The van der Waals surface area contributed by atoms with Gasteiger partial charge in [-0.1, -0.05) is 0 Å². The number of amides is 2. The summed E-state index contributed by atoms with van der Waals surface area (Å²) in [6.45, 7) is 2.00. The number of allylic oxidation sites excluding steroid dienone is 1. The second-order valence-electron chi connectivity index (χ2n) is 4.10. The summed E-state index contributed by atoms with van der Waals surface area (Å²) in [4.78, 5) is 34.2. The number of carboxylic acid groups (broad SMARTS) is 1. The third-order valence-electron chi connectivity index (χ3n) is 2.43. The van der Waals surface area contributed by atoms with E-state index in [0.717, 1.165) is 4.90 Å². The molecule has 1 aliphatic rings. The van der Waals surface area contributed by atoms with Crippen molar-refractivity contribution in [3.05, 3.63) is 11.3 Å². The van der Waals surface area contributed by atoms with Gasteiger partial charge in [-0.2, -0.15) is 0 Å². The Morgan fingerprint density at radius 2 is 2.11 bits per heavy atom. The fourth-order valence-electron chi connectivity index (χ4n) is 1.62. The first-order valence-electron chi connectivity index (χ1n) is 5.15. The van der Waals surface area contributed by atoms with Crippen LogP contribution >= 0.6 is 0 Å². The lowest BCUT2D eigenvalue weighted by Crippen LogP contribution is -2.72. The highest BCUT2D eigenvalue weighted by Crippen LogP contribution is 2.29. The number of nitrogens with two attached hydrogens (primary N) is 1. The number of aliphatic carboxylic acids is 1. The van der Waals surface area contributed by atoms with Crippen LogP contribution in [0.15, 0.2) is 11.3 Å². The number of nitrogens with one attached hydrogen (secondary N) is 1. The van der Waals surface area contributed by atoms with Gasteiger partial charge in [0.1, 0.15) is 5.70 Å². The van der Waals surface area contributed by atoms with Gasteiger partial charge in [-0.3, -0.25) is 14.5 Å². The van der Waals surface area contributed by atoms with Crippen molar-refractivity contribution in [1.29, 1.82) is 0 Å². The maximum Gasteiger partial charge on any atom is 0.352 e. The lowest BCUT2D eigenvalue weighted by Gasteiger charge is -2.43. The van der Waals surface area contributed by atoms with Crippen LogP contribution < -0.4 is 11.1 Å². The Labute approximate surface area is 102 Å². The number of halogens is 1. The van der Waals surface area contributed by atoms with Crippen LogP contribution in [0.25, 0.3) is 0 Å². The molecule has 0 aliphatic carbocycles. The minimum atomic E-state index is -2.56. The minimum absolute atomic E-state index is 0.282. The summed E-state index contributed by atoms with van der Waals surface area (Å²) in [5, 5.41) is 10.7. The molecule has 0 radical (unpaired) electrons. The molecule has 100 valence electrons. The number of β-lactam (4-membered cyclic amide) rings is 1. The molecule has 8 heteroatoms. The van der Waals surface area contributed by atoms with Crippen LogP contribution in [0.1, 0.15) is 13.8 Å². The monoisotopic (exact) mass is 259 g/mol. The van der Waals surface area contributed by atoms with Crippen LogP contribution in [-0.4, -0.2) is 46.7 Å². The van der Waals surface area contributed by atoms with E-state index in [1.54, 1.807) is 0 Å². The lowest BCUT2D eigenvalue weighted by molar-refractivity contribution is -0.168. The quantitative estimate of drug-likeness (QED) is 0.338. The first-order valence-corrected chi connectivity index (χ1v) is 5.15. The van der Waals surface area contributed by atoms with Crippen LogP contribution in [0, 0.1) is 0 Å². The number of carboxylic acids is 1. The lowest BCUT2D eigenvalue weighted by atomic mass is 10.0. The van der Waals surface area contributed by atoms with Gasteiger partial charge in [-0.25, -0.2) is 9.18 Å². The predicted octanol–water partition coefficient (Wildman–Crippen LogP) is -1.05. The summed E-state index contributed by atoms with van der Waals surface area (Å²) in [6.07, 6.45) is 0. The van der Waals surface area contributed by atoms with Gasteiger partial charge in [0.15, 0.2) is 0 Å². The molecule has 0 bridgehead atoms. The largest absolute Gasteiger partial charge is 0.477 e. The van der Waals surface area contributed by atoms with Crippen LogP contribution in [0.4, 0.5) is 4.39 Å². The zero-order valence-electron chi connectivity index (χ0n) is 9.99. The smallest absolute Gasteiger partial charge is 0.352 e. The number of carbonyl (C=O) groups is 3. The van der Waals surface area contributed by atoms with Crippen LogP contribution in [0.5, 0.6) is 0 Å². The molecule has 1 saturated heterocycles. The van der Waals surface area contributed by atoms with E-state index in [2.05, 4.69) is 0 Å². The number of rotatable bonds is 4. The third-order valence-corrected chi connectivity index (χ3v) is 2.43. The van der Waals surface area contributed by atoms with Gasteiger partial charge < -0.3 is 16.2 Å². The van der Waals surface area contributed by atoms with Crippen molar-refractivity contribution >= 4 is 17.8 Å². The molecule has 7 nitrogen and oxygen atoms in total. The topological polar surface area (TPSA) is 113 Å². The summed E-state index contributed by atoms with van der Waals surface area (Å²) in [5.41, 5.74) is 5.07. The SMILES string of the molecule is CC(C)=C(C(=O)O)N1CC(F)(NC(=O)CN)C1=O. The first kappa shape index (κ1) is 14.1. The second kappa shape index (κ2) is 4.73. The van der Waals surface area contributed by atoms with Crippen molar-refractivity contribution in [2.75, 3.05) is 13.1 Å². The van der Waals surface area contributed by atoms with E-state index in [1.807, 2.05) is 5.32 Å². The molecule has 0 aromatic heterocycles. The van der Waals surface area contributed by atoms with Gasteiger partial charge in [0.2, 0.25) is 5.91 Å². The summed E-state index contributed by atoms with van der Waals surface area (Å²) in [5.74, 6) is -5.81. The highest BCUT2D eigenvalue weighted by molar-refractivity contribution is 6.02. The Morgan fingerprint density at radius 1 is 1.56 bits per heavy atom. The number of hydrogen-bond acceptors (Lipinski definition) is 4. The van der Waals surface area contributed by atoms with Crippen molar-refractivity contribution in [2.24, 2.45) is 5.73 Å². The number of alkyl halides is 1. The molecule has 1 fully saturated rings. The summed E-state index contributed by atoms with van der Waals surface area (Å²) in [6, 6.07) is 0. The van der Waals surface area contributed by atoms with Crippen LogP contribution in [0.3, 0.4) is 0 Å². The Bertz CT molecular complexity index is 444. The normalized spacial score (nSPS) is 22.2. The van der Waals surface area contributed by atoms with E-state index in [4.69, 9.17) is 10.8 Å². The van der Waals surface area contributed by atoms with Gasteiger partial charge in [-0.15, -0.1) is 0 Å². The molecule has 0 aromatic rings. The van der Waals surface area contributed by atoms with E-state index in [0.29, 0.717) is 5.57 Å². The number of hydrogen-bond donors (Lipinski definition) is 3. The predicted molar refractivity (Wildman–Crippen MR) is 58.8 cm³/mol. The fraction of sp³-hybridized carbons (Fsp3) is 0.500. The zero-order valence-corrected chi connectivity index (χ0v) is 9.99. The summed E-state index contributed by atoms with van der Waals surface area (Å²) in [7, 11) is 0. The highest BCUT2D eigenvalue weighted by Gasteiger charge is 2.56. The molecular weight excluding hydrogens is 245 g/mol. The maximum absolute atomic E-state index is 13.9. The Hall–Kier alpha value is -1.96. The van der Waals surface area contributed by atoms with Crippen molar-refractivity contribution < 1.29 is 23.9 Å². The third kappa shape index (κ3) is 2.33. The molecule has 1 rings (SSSR count). The zero-order chi connectivity index (χ0) is 14.1. The van der Waals surface area contributed by atoms with Crippen molar-refractivity contribution in [3.8, 4) is 0 Å². The molecule has 1 aliphatic heterocycles. The average molecular weight is 259 g/mol. The molecular formula is C10H14FN3O4. The van der Waals surface area contributed by atoms with Gasteiger partial charge in [-0.05, 0) is 19.4 Å². The summed E-state index contributed by atoms with van der Waals surface area (Å²) < 4.78 is 13.9. The average Bonchev–Trinajstić information content (AvgIpc) is 2.26. The van der Waals surface area contributed by atoms with Crippen molar-refractivity contribution in [1.82, 2.24) is 10.2 Å². The number of likely N-dealkylation sites (tertiary alicyclic amines) is 1. The van der Waals surface area contributed by atoms with E-state index in [9.17, 15) is 18.8 Å². The van der Waals surface area contributed by atoms with E-state index in [1.165, 1.54) is 13.8 Å². The molecule has 1 heterocycles. The molecule has 1 atom stereocenters. The molecule has 2 amide bonds. The molecule has 0 spiro atoms. The van der Waals surface area contributed by atoms with Gasteiger partial charge >= 0.3 is 5.97 Å². The van der Waals surface area contributed by atoms with Crippen LogP contribution in [-0.2, 0) is 14.4 Å². The van der Waals surface area contributed by atoms with Gasteiger partial charge in [0.05, 0.1) is 13.1 Å². The van der Waals surface area contributed by atoms with E-state index >= 15 is 0 Å². The minimum Gasteiger partial charge on any atom is -0.477 e. The molecule has 4 N–H and O–H groups in total. The second-order valence-corrected chi connectivity index (χ2v) is 4.10. The molecule has 18 heavy (non-hydrogen) atoms. The molecule has 0 saturated carbocycles. The van der Waals surface area contributed by atoms with Gasteiger partial charge in [0.25, 0.3) is 11.7 Å². The Kier molecular flexibility index (Phi) is 3.70. The van der Waals surface area contributed by atoms with Crippen LogP contribution in [0.2, 0.25) is 0 Å². The van der Waals surface area contributed by atoms with Gasteiger partial charge in [0, 0.05) is 0 Å². The molecule has 1 unspecified atom stereocenters. The van der Waals surface area contributed by atoms with E-state index < -0.39 is 36.7 Å². The Balaban J connectivity index is 2.86. The van der Waals surface area contributed by atoms with Crippen molar-refractivity contribution in [2.45, 2.75) is 19.6 Å². The highest BCUT2D eigenvalue weighted by atomic mass is 19.1. The number of carbonyl (C=O) groups excluding carboxylic acids is 2. The van der Waals surface area contributed by atoms with Crippen molar-refractivity contribution in [3.63, 3.8) is 0 Å². The summed E-state index contributed by atoms with van der Waals surface area (Å²) >= 11 is 0. The Morgan fingerprint density at radius 3 is 2.44 bits per heavy atom. The number of nitrogens with zero attached hydrogens (tertiary/aromatic N) is 1. The standard InChI is InChI=1S/C10H14FN3O4/c1-5(2)7(8(16)17)14-4-10(11,9(14)18)13-6(15)3-12/h3-4,12H2,1-2H3,(H,13,15)(H,16,17). The molecule has 0 aromatic carbocycles.